The highest BCUT2D eigenvalue weighted by atomic mass is 32.2. The van der Waals surface area contributed by atoms with Crippen molar-refractivity contribution in [3.05, 3.63) is 11.8 Å². The van der Waals surface area contributed by atoms with Crippen LogP contribution in [-0.4, -0.2) is 34.6 Å². The predicted octanol–water partition coefficient (Wildman–Crippen LogP) is 1.01. The van der Waals surface area contributed by atoms with Crippen LogP contribution in [0.15, 0.2) is 6.07 Å². The minimum atomic E-state index is 0.479. The molecule has 3 N–H and O–H groups in total. The summed E-state index contributed by atoms with van der Waals surface area (Å²) in [6, 6.07) is 2.56. The van der Waals surface area contributed by atoms with Gasteiger partial charge in [-0.1, -0.05) is 0 Å². The molecular formula is C10H17N5S. The molecule has 6 heteroatoms. The van der Waals surface area contributed by atoms with E-state index in [4.69, 9.17) is 5.84 Å². The van der Waals surface area contributed by atoms with E-state index in [0.29, 0.717) is 12.0 Å². The first-order valence-corrected chi connectivity index (χ1v) is 6.49. The largest absolute Gasteiger partial charge is 0.356 e. The normalized spacial score (nSPS) is 19.8. The molecule has 1 saturated heterocycles. The molecule has 16 heavy (non-hydrogen) atoms. The van der Waals surface area contributed by atoms with E-state index in [9.17, 15) is 0 Å². The Labute approximate surface area is 99.8 Å². The zero-order valence-corrected chi connectivity index (χ0v) is 10.4. The lowest BCUT2D eigenvalue weighted by Gasteiger charge is -2.25. The number of aromatic nitrogens is 2. The highest BCUT2D eigenvalue weighted by Crippen LogP contribution is 2.25. The summed E-state index contributed by atoms with van der Waals surface area (Å²) in [4.78, 5) is 10.8. The van der Waals surface area contributed by atoms with Crippen molar-refractivity contribution >= 4 is 23.5 Å². The zero-order chi connectivity index (χ0) is 11.5. The number of anilines is 2. The lowest BCUT2D eigenvalue weighted by atomic mass is 10.2. The van der Waals surface area contributed by atoms with Crippen molar-refractivity contribution in [2.75, 3.05) is 28.9 Å². The maximum Gasteiger partial charge on any atom is 0.239 e. The van der Waals surface area contributed by atoms with Crippen LogP contribution in [0.25, 0.3) is 0 Å². The Morgan fingerprint density at radius 3 is 3.00 bits per heavy atom. The van der Waals surface area contributed by atoms with Crippen LogP contribution in [-0.2, 0) is 0 Å². The smallest absolute Gasteiger partial charge is 0.239 e. The number of nitrogens with one attached hydrogen (secondary N) is 1. The van der Waals surface area contributed by atoms with Crippen LogP contribution in [0.4, 0.5) is 11.8 Å². The highest BCUT2D eigenvalue weighted by Gasteiger charge is 2.21. The van der Waals surface area contributed by atoms with Crippen molar-refractivity contribution in [2.24, 2.45) is 5.84 Å². The molecule has 1 aliphatic heterocycles. The Balaban J connectivity index is 2.21. The minimum Gasteiger partial charge on any atom is -0.356 e. The molecule has 1 atom stereocenters. The van der Waals surface area contributed by atoms with Gasteiger partial charge in [-0.3, -0.25) is 5.43 Å². The number of hydrazine groups is 1. The van der Waals surface area contributed by atoms with Crippen LogP contribution >= 0.6 is 11.8 Å². The molecule has 1 unspecified atom stereocenters. The molecule has 0 spiro atoms. The van der Waals surface area contributed by atoms with Crippen molar-refractivity contribution in [3.8, 4) is 0 Å². The molecule has 0 bridgehead atoms. The molecule has 1 aromatic rings. The Morgan fingerprint density at radius 1 is 1.56 bits per heavy atom. The van der Waals surface area contributed by atoms with Gasteiger partial charge in [0.05, 0.1) is 0 Å². The second-order valence-electron chi connectivity index (χ2n) is 3.96. The number of nitrogen functional groups attached to an aromatic ring is 1. The average molecular weight is 239 g/mol. The van der Waals surface area contributed by atoms with Crippen molar-refractivity contribution in [3.63, 3.8) is 0 Å². The molecule has 0 aliphatic carbocycles. The number of nitrogens with zero attached hydrogens (tertiary/aromatic N) is 3. The van der Waals surface area contributed by atoms with Crippen LogP contribution in [0.3, 0.4) is 0 Å². The van der Waals surface area contributed by atoms with Crippen LogP contribution in [0.5, 0.6) is 0 Å². The summed E-state index contributed by atoms with van der Waals surface area (Å²) in [5.74, 6) is 9.17. The Hall–Kier alpha value is -1.01. The van der Waals surface area contributed by atoms with Gasteiger partial charge in [0.15, 0.2) is 0 Å². The first-order valence-electron chi connectivity index (χ1n) is 5.33. The fourth-order valence-corrected chi connectivity index (χ4v) is 3.08. The third kappa shape index (κ3) is 2.38. The molecule has 1 aliphatic rings. The molecule has 88 valence electrons. The van der Waals surface area contributed by atoms with E-state index in [1.54, 1.807) is 0 Å². The van der Waals surface area contributed by atoms with Crippen molar-refractivity contribution in [1.82, 2.24) is 9.97 Å². The maximum atomic E-state index is 5.34. The topological polar surface area (TPSA) is 67.1 Å². The van der Waals surface area contributed by atoms with Crippen molar-refractivity contribution in [2.45, 2.75) is 19.4 Å². The standard InChI is InChI=1S/C10H17N5S/c1-7-5-9(13-10(12-7)14-11)15(2)8-3-4-16-6-8/h5,8H,3-4,6,11H2,1-2H3,(H,12,13,14). The van der Waals surface area contributed by atoms with E-state index >= 15 is 0 Å². The quantitative estimate of drug-likeness (QED) is 0.606. The number of aryl methyl sites for hydroxylation is 1. The minimum absolute atomic E-state index is 0.479. The molecule has 0 aromatic carbocycles. The van der Waals surface area contributed by atoms with Gasteiger partial charge in [0.1, 0.15) is 5.82 Å². The Morgan fingerprint density at radius 2 is 2.38 bits per heavy atom. The molecule has 0 saturated carbocycles. The maximum absolute atomic E-state index is 5.34. The number of hydrogen-bond acceptors (Lipinski definition) is 6. The number of hydrogen-bond donors (Lipinski definition) is 2. The predicted molar refractivity (Wildman–Crippen MR) is 68.7 cm³/mol. The first kappa shape index (κ1) is 11.5. The molecule has 5 nitrogen and oxygen atoms in total. The fourth-order valence-electron chi connectivity index (χ4n) is 1.81. The fraction of sp³-hybridized carbons (Fsp3) is 0.600. The number of rotatable bonds is 3. The Bertz CT molecular complexity index is 364. The molecule has 0 radical (unpaired) electrons. The molecule has 2 rings (SSSR count). The summed E-state index contributed by atoms with van der Waals surface area (Å²) < 4.78 is 0. The average Bonchev–Trinajstić information content (AvgIpc) is 2.80. The van der Waals surface area contributed by atoms with E-state index in [2.05, 4.69) is 27.3 Å². The van der Waals surface area contributed by atoms with Gasteiger partial charge >= 0.3 is 0 Å². The van der Waals surface area contributed by atoms with Gasteiger partial charge in [-0.25, -0.2) is 10.8 Å². The lowest BCUT2D eigenvalue weighted by molar-refractivity contribution is 0.690. The van der Waals surface area contributed by atoms with Crippen LogP contribution in [0.2, 0.25) is 0 Å². The van der Waals surface area contributed by atoms with E-state index in [0.717, 1.165) is 11.5 Å². The van der Waals surface area contributed by atoms with Gasteiger partial charge in [-0.15, -0.1) is 0 Å². The summed E-state index contributed by atoms with van der Waals surface area (Å²) in [6.07, 6.45) is 1.22. The van der Waals surface area contributed by atoms with E-state index in [1.807, 2.05) is 24.8 Å². The van der Waals surface area contributed by atoms with Gasteiger partial charge in [-0.05, 0) is 19.1 Å². The summed E-state index contributed by atoms with van der Waals surface area (Å²) in [5, 5.41) is 0. The third-order valence-electron chi connectivity index (χ3n) is 2.78. The van der Waals surface area contributed by atoms with Crippen LogP contribution in [0.1, 0.15) is 12.1 Å². The van der Waals surface area contributed by atoms with Gasteiger partial charge in [0.2, 0.25) is 5.95 Å². The van der Waals surface area contributed by atoms with Gasteiger partial charge in [0, 0.05) is 30.6 Å². The molecule has 1 fully saturated rings. The summed E-state index contributed by atoms with van der Waals surface area (Å²) >= 11 is 1.99. The number of thioether (sulfide) groups is 1. The van der Waals surface area contributed by atoms with Crippen molar-refractivity contribution < 1.29 is 0 Å². The molecule has 0 amide bonds. The SMILES string of the molecule is Cc1cc(N(C)C2CCSC2)nc(NN)n1. The first-order chi connectivity index (χ1) is 7.70. The second kappa shape index (κ2) is 4.88. The zero-order valence-electron chi connectivity index (χ0n) is 9.60. The summed E-state index contributed by atoms with van der Waals surface area (Å²) in [6.45, 7) is 1.95. The van der Waals surface area contributed by atoms with E-state index in [1.165, 1.54) is 17.9 Å². The summed E-state index contributed by atoms with van der Waals surface area (Å²) in [5.41, 5.74) is 3.43. The van der Waals surface area contributed by atoms with Gasteiger partial charge in [0.25, 0.3) is 0 Å². The van der Waals surface area contributed by atoms with Crippen LogP contribution in [0, 0.1) is 6.92 Å². The Kier molecular flexibility index (Phi) is 3.50. The van der Waals surface area contributed by atoms with E-state index in [-0.39, 0.29) is 0 Å². The van der Waals surface area contributed by atoms with Crippen LogP contribution < -0.4 is 16.2 Å². The molecule has 1 aromatic heterocycles. The number of nitrogens with two attached hydrogens (primary N) is 1. The molecule has 2 heterocycles. The van der Waals surface area contributed by atoms with Gasteiger partial charge < -0.3 is 4.90 Å². The summed E-state index contributed by atoms with van der Waals surface area (Å²) in [7, 11) is 2.08. The monoisotopic (exact) mass is 239 g/mol. The van der Waals surface area contributed by atoms with Crippen molar-refractivity contribution in [1.29, 1.82) is 0 Å². The second-order valence-corrected chi connectivity index (χ2v) is 5.11. The van der Waals surface area contributed by atoms with E-state index < -0.39 is 0 Å². The third-order valence-corrected chi connectivity index (χ3v) is 3.93. The van der Waals surface area contributed by atoms with Gasteiger partial charge in [-0.2, -0.15) is 16.7 Å². The lowest BCUT2D eigenvalue weighted by Crippen LogP contribution is -2.32. The highest BCUT2D eigenvalue weighted by molar-refractivity contribution is 7.99. The molecular weight excluding hydrogens is 222 g/mol.